The van der Waals surface area contributed by atoms with Crippen molar-refractivity contribution in [1.29, 1.82) is 0 Å². The summed E-state index contributed by atoms with van der Waals surface area (Å²) < 4.78 is 34.9. The second-order valence-electron chi connectivity index (χ2n) is 7.48. The van der Waals surface area contributed by atoms with Crippen molar-refractivity contribution in [3.63, 3.8) is 0 Å². The molecule has 0 fully saturated rings. The first-order valence-electron chi connectivity index (χ1n) is 9.92. The maximum absolute atomic E-state index is 14.0. The van der Waals surface area contributed by atoms with Gasteiger partial charge < -0.3 is 9.73 Å². The number of allylic oxidation sites excluding steroid dienone is 1. The van der Waals surface area contributed by atoms with Gasteiger partial charge in [0.1, 0.15) is 11.8 Å². The number of sulfonamides is 1. The summed E-state index contributed by atoms with van der Waals surface area (Å²) in [5, 5.41) is 3.77. The number of fused-ring (bicyclic) bond motifs is 1. The molecule has 8 heteroatoms. The van der Waals surface area contributed by atoms with Crippen LogP contribution in [-0.4, -0.2) is 14.2 Å². The van der Waals surface area contributed by atoms with Gasteiger partial charge in [-0.05, 0) is 61.4 Å². The average molecular weight is 455 g/mol. The highest BCUT2D eigenvalue weighted by Gasteiger charge is 2.43. The lowest BCUT2D eigenvalue weighted by Crippen LogP contribution is -2.37. The van der Waals surface area contributed by atoms with E-state index in [2.05, 4.69) is 5.32 Å². The predicted octanol–water partition coefficient (Wildman–Crippen LogP) is 5.30. The van der Waals surface area contributed by atoms with Gasteiger partial charge in [0.25, 0.3) is 10.0 Å². The van der Waals surface area contributed by atoms with Crippen LogP contribution in [0.1, 0.15) is 31.1 Å². The third-order valence-corrected chi connectivity index (χ3v) is 7.62. The van der Waals surface area contributed by atoms with Crippen molar-refractivity contribution in [2.24, 2.45) is 0 Å². The van der Waals surface area contributed by atoms with Crippen LogP contribution < -0.4 is 9.62 Å². The van der Waals surface area contributed by atoms with Crippen molar-refractivity contribution in [3.8, 4) is 0 Å². The van der Waals surface area contributed by atoms with E-state index in [1.165, 1.54) is 34.8 Å². The van der Waals surface area contributed by atoms with Crippen LogP contribution in [0.3, 0.4) is 0 Å². The molecule has 158 valence electrons. The zero-order valence-electron chi connectivity index (χ0n) is 16.4. The van der Waals surface area contributed by atoms with Crippen LogP contribution in [0.2, 0.25) is 5.02 Å². The zero-order valence-corrected chi connectivity index (χ0v) is 18.0. The van der Waals surface area contributed by atoms with E-state index in [0.29, 0.717) is 47.0 Å². The fourth-order valence-electron chi connectivity index (χ4n) is 4.19. The molecule has 1 atom stereocenters. The van der Waals surface area contributed by atoms with Crippen molar-refractivity contribution in [2.45, 2.75) is 30.2 Å². The number of ketones is 1. The summed E-state index contributed by atoms with van der Waals surface area (Å²) in [5.41, 5.74) is 2.23. The van der Waals surface area contributed by atoms with E-state index in [4.69, 9.17) is 16.0 Å². The van der Waals surface area contributed by atoms with E-state index >= 15 is 0 Å². The van der Waals surface area contributed by atoms with Crippen molar-refractivity contribution >= 4 is 38.8 Å². The fourth-order valence-corrected chi connectivity index (χ4v) is 5.93. The number of carbonyl (C=O) groups is 1. The Morgan fingerprint density at radius 3 is 2.52 bits per heavy atom. The van der Waals surface area contributed by atoms with Gasteiger partial charge in [-0.3, -0.25) is 4.79 Å². The lowest BCUT2D eigenvalue weighted by Gasteiger charge is -2.33. The summed E-state index contributed by atoms with van der Waals surface area (Å²) in [5.74, 6) is 0.304. The molecule has 3 aromatic rings. The maximum atomic E-state index is 14.0. The summed E-state index contributed by atoms with van der Waals surface area (Å²) in [7, 11) is -4.08. The molecule has 0 unspecified atom stereocenters. The first-order valence-corrected chi connectivity index (χ1v) is 11.7. The number of anilines is 2. The molecule has 2 aromatic carbocycles. The van der Waals surface area contributed by atoms with E-state index in [1.807, 2.05) is 12.1 Å². The number of nitrogens with one attached hydrogen (secondary N) is 1. The first-order chi connectivity index (χ1) is 15.0. The monoisotopic (exact) mass is 454 g/mol. The molecule has 5 rings (SSSR count). The number of nitrogens with zero attached hydrogens (tertiary/aromatic N) is 1. The molecule has 1 aromatic heterocycles. The highest BCUT2D eigenvalue weighted by molar-refractivity contribution is 7.92. The van der Waals surface area contributed by atoms with Gasteiger partial charge in [-0.2, -0.15) is 0 Å². The number of furan rings is 1. The van der Waals surface area contributed by atoms with Gasteiger partial charge >= 0.3 is 0 Å². The predicted molar refractivity (Wildman–Crippen MR) is 119 cm³/mol. The average Bonchev–Trinajstić information content (AvgIpc) is 3.23. The zero-order chi connectivity index (χ0) is 21.6. The van der Waals surface area contributed by atoms with Gasteiger partial charge in [0.05, 0.1) is 22.5 Å². The molecular weight excluding hydrogens is 436 g/mol. The largest absolute Gasteiger partial charge is 0.467 e. The Kier molecular flexibility index (Phi) is 4.87. The van der Waals surface area contributed by atoms with Crippen molar-refractivity contribution in [1.82, 2.24) is 0 Å². The van der Waals surface area contributed by atoms with Gasteiger partial charge in [0.2, 0.25) is 0 Å². The van der Waals surface area contributed by atoms with E-state index < -0.39 is 16.1 Å². The number of Topliss-reactive ketones (excluding diaryl/α,β-unsaturated/α-hetero) is 1. The Morgan fingerprint density at radius 2 is 1.77 bits per heavy atom. The van der Waals surface area contributed by atoms with Crippen LogP contribution in [0.5, 0.6) is 0 Å². The molecule has 31 heavy (non-hydrogen) atoms. The molecule has 0 saturated carbocycles. The minimum Gasteiger partial charge on any atom is -0.467 e. The Balaban J connectivity index is 1.82. The number of benzene rings is 2. The molecule has 0 radical (unpaired) electrons. The van der Waals surface area contributed by atoms with Crippen LogP contribution in [0.15, 0.2) is 87.5 Å². The highest BCUT2D eigenvalue weighted by Crippen LogP contribution is 2.47. The SMILES string of the molecule is O=C1CCCC2=C1[C@H](c1ccco1)N(S(=O)(=O)c1ccc(Cl)cc1)c1ccccc1N2. The van der Waals surface area contributed by atoms with Crippen molar-refractivity contribution < 1.29 is 17.6 Å². The Bertz CT molecular complexity index is 1280. The fraction of sp³-hybridized carbons (Fsp3) is 0.174. The maximum Gasteiger partial charge on any atom is 0.265 e. The minimum absolute atomic E-state index is 0.0792. The lowest BCUT2D eigenvalue weighted by molar-refractivity contribution is -0.116. The normalized spacial score (nSPS) is 18.8. The Morgan fingerprint density at radius 1 is 1.00 bits per heavy atom. The summed E-state index contributed by atoms with van der Waals surface area (Å²) in [6.45, 7) is 0. The molecule has 0 saturated heterocycles. The molecule has 2 heterocycles. The number of halogens is 1. The third kappa shape index (κ3) is 3.34. The van der Waals surface area contributed by atoms with Gasteiger partial charge in [0, 0.05) is 22.7 Å². The first kappa shape index (κ1) is 19.9. The molecule has 0 spiro atoms. The van der Waals surface area contributed by atoms with Gasteiger partial charge in [-0.25, -0.2) is 12.7 Å². The van der Waals surface area contributed by atoms with E-state index in [9.17, 15) is 13.2 Å². The van der Waals surface area contributed by atoms with E-state index in [0.717, 1.165) is 5.70 Å². The Labute approximate surface area is 185 Å². The van der Waals surface area contributed by atoms with E-state index in [-0.39, 0.29) is 10.7 Å². The molecule has 1 N–H and O–H groups in total. The van der Waals surface area contributed by atoms with Crippen LogP contribution in [-0.2, 0) is 14.8 Å². The Hall–Kier alpha value is -3.03. The van der Waals surface area contributed by atoms with Crippen molar-refractivity contribution in [2.75, 3.05) is 9.62 Å². The van der Waals surface area contributed by atoms with Gasteiger partial charge in [-0.1, -0.05) is 23.7 Å². The molecule has 1 aliphatic heterocycles. The summed E-state index contributed by atoms with van der Waals surface area (Å²) in [4.78, 5) is 13.2. The number of carbonyl (C=O) groups excluding carboxylic acids is 1. The van der Waals surface area contributed by atoms with Crippen LogP contribution in [0, 0.1) is 0 Å². The topological polar surface area (TPSA) is 79.6 Å². The van der Waals surface area contributed by atoms with Crippen molar-refractivity contribution in [3.05, 3.63) is 89.0 Å². The minimum atomic E-state index is -4.08. The standard InChI is InChI=1S/C23H19ClN2O4S/c24-15-10-12-16(13-11-15)31(28,29)26-19-7-2-1-5-17(19)25-18-6-3-8-20(27)22(18)23(26)21-9-4-14-30-21/h1-2,4-5,7,9-14,23,25H,3,6,8H2/t23-/m0/s1. The number of rotatable bonds is 3. The second kappa shape index (κ2) is 7.59. The van der Waals surface area contributed by atoms with Crippen LogP contribution in [0.4, 0.5) is 11.4 Å². The molecule has 2 aliphatic rings. The van der Waals surface area contributed by atoms with Crippen LogP contribution >= 0.6 is 11.6 Å². The third-order valence-electron chi connectivity index (χ3n) is 5.57. The molecule has 0 amide bonds. The highest BCUT2D eigenvalue weighted by atomic mass is 35.5. The molecule has 0 bridgehead atoms. The number of para-hydroxylation sites is 2. The molecule has 6 nitrogen and oxygen atoms in total. The second-order valence-corrected chi connectivity index (χ2v) is 9.74. The molecule has 1 aliphatic carbocycles. The van der Waals surface area contributed by atoms with E-state index in [1.54, 1.807) is 24.3 Å². The summed E-state index contributed by atoms with van der Waals surface area (Å²) >= 11 is 5.99. The number of hydrogen-bond donors (Lipinski definition) is 1. The summed E-state index contributed by atoms with van der Waals surface area (Å²) in [6.07, 6.45) is 3.21. The number of hydrogen-bond acceptors (Lipinski definition) is 5. The molecular formula is C23H19ClN2O4S. The lowest BCUT2D eigenvalue weighted by atomic mass is 9.89. The quantitative estimate of drug-likeness (QED) is 0.580. The summed E-state index contributed by atoms with van der Waals surface area (Å²) in [6, 6.07) is 15.6. The smallest absolute Gasteiger partial charge is 0.265 e. The van der Waals surface area contributed by atoms with Gasteiger partial charge in [0.15, 0.2) is 5.78 Å². The van der Waals surface area contributed by atoms with Gasteiger partial charge in [-0.15, -0.1) is 0 Å². The van der Waals surface area contributed by atoms with Crippen LogP contribution in [0.25, 0.3) is 0 Å².